The van der Waals surface area contributed by atoms with E-state index in [1.54, 1.807) is 12.1 Å². The second-order valence-electron chi connectivity index (χ2n) is 11.5. The Kier molecular flexibility index (Phi) is 7.85. The zero-order valence-corrected chi connectivity index (χ0v) is 23.5. The average molecular weight is 530 g/mol. The molecular formula is C28H39N3O5S. The third kappa shape index (κ3) is 6.26. The van der Waals surface area contributed by atoms with Gasteiger partial charge in [0.2, 0.25) is 10.0 Å². The van der Waals surface area contributed by atoms with Gasteiger partial charge in [0.25, 0.3) is 5.91 Å². The molecule has 0 aliphatic carbocycles. The van der Waals surface area contributed by atoms with Gasteiger partial charge in [-0.1, -0.05) is 20.8 Å². The summed E-state index contributed by atoms with van der Waals surface area (Å²) >= 11 is 0. The van der Waals surface area contributed by atoms with Crippen LogP contribution >= 0.6 is 0 Å². The molecule has 2 aliphatic rings. The zero-order valence-electron chi connectivity index (χ0n) is 22.7. The van der Waals surface area contributed by atoms with E-state index in [9.17, 15) is 13.2 Å². The number of ether oxygens (including phenoxy) is 2. The topological polar surface area (TPSA) is 97.8 Å². The van der Waals surface area contributed by atoms with Crippen LogP contribution in [0.25, 0.3) is 11.3 Å². The van der Waals surface area contributed by atoms with Gasteiger partial charge in [-0.3, -0.25) is 4.79 Å². The van der Waals surface area contributed by atoms with Gasteiger partial charge in [0.15, 0.2) is 0 Å². The van der Waals surface area contributed by atoms with Crippen molar-refractivity contribution in [3.05, 3.63) is 41.5 Å². The number of sulfonamides is 1. The van der Waals surface area contributed by atoms with Gasteiger partial charge in [-0.15, -0.1) is 0 Å². The molecule has 1 aromatic heterocycles. The minimum absolute atomic E-state index is 0.0951. The number of aromatic nitrogens is 1. The Morgan fingerprint density at radius 2 is 2.03 bits per heavy atom. The molecule has 8 nitrogen and oxygen atoms in total. The van der Waals surface area contributed by atoms with Crippen molar-refractivity contribution in [1.82, 2.24) is 9.71 Å². The van der Waals surface area contributed by atoms with Crippen molar-refractivity contribution >= 4 is 21.7 Å². The number of amides is 1. The van der Waals surface area contributed by atoms with Crippen molar-refractivity contribution in [3.8, 4) is 17.0 Å². The van der Waals surface area contributed by atoms with Crippen LogP contribution in [0, 0.1) is 18.8 Å². The number of pyridine rings is 1. The average Bonchev–Trinajstić information content (AvgIpc) is 3.44. The molecule has 1 unspecified atom stereocenters. The number of carbonyl (C=O) groups is 1. The van der Waals surface area contributed by atoms with E-state index in [1.807, 2.05) is 25.1 Å². The van der Waals surface area contributed by atoms with Crippen molar-refractivity contribution in [3.63, 3.8) is 0 Å². The summed E-state index contributed by atoms with van der Waals surface area (Å²) in [5.74, 6) is 1.41. The number of nitrogens with one attached hydrogen (secondary N) is 1. The number of hydrogen-bond acceptors (Lipinski definition) is 7. The number of hydrogen-bond donors (Lipinski definition) is 1. The lowest BCUT2D eigenvalue weighted by Gasteiger charge is -2.34. The second kappa shape index (κ2) is 10.6. The Labute approximate surface area is 220 Å². The molecular weight excluding hydrogens is 490 g/mol. The quantitative estimate of drug-likeness (QED) is 0.535. The van der Waals surface area contributed by atoms with E-state index in [1.165, 1.54) is 0 Å². The monoisotopic (exact) mass is 529 g/mol. The van der Waals surface area contributed by atoms with E-state index in [-0.39, 0.29) is 17.7 Å². The molecule has 1 aromatic carbocycles. The van der Waals surface area contributed by atoms with Crippen LogP contribution in [0.2, 0.25) is 0 Å². The second-order valence-corrected chi connectivity index (χ2v) is 13.5. The first-order valence-corrected chi connectivity index (χ1v) is 14.6. The van der Waals surface area contributed by atoms with E-state index < -0.39 is 21.2 Å². The van der Waals surface area contributed by atoms with Gasteiger partial charge in [-0.05, 0) is 81.3 Å². The summed E-state index contributed by atoms with van der Waals surface area (Å²) in [5, 5.41) is -0.730. The van der Waals surface area contributed by atoms with E-state index in [0.29, 0.717) is 43.0 Å². The lowest BCUT2D eigenvalue weighted by Crippen LogP contribution is -2.42. The van der Waals surface area contributed by atoms with Gasteiger partial charge in [0.1, 0.15) is 16.8 Å². The van der Waals surface area contributed by atoms with Crippen LogP contribution in [0.5, 0.6) is 5.75 Å². The molecule has 2 aromatic rings. The molecule has 202 valence electrons. The Hall–Kier alpha value is -2.65. The van der Waals surface area contributed by atoms with E-state index in [0.717, 1.165) is 29.8 Å². The van der Waals surface area contributed by atoms with E-state index in [2.05, 4.69) is 44.2 Å². The van der Waals surface area contributed by atoms with Crippen LogP contribution in [0.4, 0.5) is 5.82 Å². The fourth-order valence-electron chi connectivity index (χ4n) is 5.22. The molecule has 2 saturated heterocycles. The Morgan fingerprint density at radius 1 is 1.27 bits per heavy atom. The summed E-state index contributed by atoms with van der Waals surface area (Å²) < 4.78 is 39.2. The normalized spacial score (nSPS) is 21.4. The predicted molar refractivity (Wildman–Crippen MR) is 146 cm³/mol. The first-order chi connectivity index (χ1) is 17.4. The molecule has 1 N–H and O–H groups in total. The minimum atomic E-state index is -3.86. The molecule has 2 fully saturated rings. The van der Waals surface area contributed by atoms with Crippen LogP contribution in [0.1, 0.15) is 63.4 Å². The van der Waals surface area contributed by atoms with Gasteiger partial charge in [-0.25, -0.2) is 18.1 Å². The molecule has 0 radical (unpaired) electrons. The largest absolute Gasteiger partial charge is 0.493 e. The van der Waals surface area contributed by atoms with E-state index in [4.69, 9.17) is 14.5 Å². The lowest BCUT2D eigenvalue weighted by atomic mass is 9.97. The highest BCUT2D eigenvalue weighted by Crippen LogP contribution is 2.38. The van der Waals surface area contributed by atoms with Crippen molar-refractivity contribution in [2.75, 3.05) is 31.3 Å². The molecule has 1 amide bonds. The van der Waals surface area contributed by atoms with Gasteiger partial charge in [-0.2, -0.15) is 0 Å². The van der Waals surface area contributed by atoms with E-state index >= 15 is 0 Å². The van der Waals surface area contributed by atoms with Gasteiger partial charge < -0.3 is 14.4 Å². The smallest absolute Gasteiger partial charge is 0.268 e. The molecule has 9 heteroatoms. The van der Waals surface area contributed by atoms with Crippen LogP contribution in [0.3, 0.4) is 0 Å². The zero-order chi connectivity index (χ0) is 27.0. The fourth-order valence-corrected chi connectivity index (χ4v) is 6.44. The highest BCUT2D eigenvalue weighted by Gasteiger charge is 2.40. The molecule has 2 atom stereocenters. The summed E-state index contributed by atoms with van der Waals surface area (Å²) in [4.78, 5) is 20.5. The van der Waals surface area contributed by atoms with Crippen molar-refractivity contribution < 1.29 is 22.7 Å². The SMILES string of the molecule is Cc1cc(OCC(C)C)cc(-c2ccc(C(=O)NS(=O)(=O)C3CCOC3)c(N3C[C@@H](C)CC3(C)C)n2)c1. The predicted octanol–water partition coefficient (Wildman–Crippen LogP) is 4.57. The number of nitrogens with zero attached hydrogens (tertiary/aromatic N) is 2. The molecule has 4 rings (SSSR count). The molecule has 37 heavy (non-hydrogen) atoms. The number of benzene rings is 1. The standard InChI is InChI=1S/C28H39N3O5S/c1-18(2)16-36-22-12-19(3)11-21(13-22)25-8-7-24(26(29-25)31-15-20(4)14-28(31,5)6)27(32)30-37(33,34)23-9-10-35-17-23/h7-8,11-13,18,20,23H,9-10,14-17H2,1-6H3,(H,30,32)/t20-,23?/m0/s1. The molecule has 0 spiro atoms. The minimum Gasteiger partial charge on any atom is -0.493 e. The Morgan fingerprint density at radius 3 is 2.65 bits per heavy atom. The van der Waals surface area contributed by atoms with Crippen LogP contribution < -0.4 is 14.4 Å². The highest BCUT2D eigenvalue weighted by atomic mass is 32.2. The summed E-state index contributed by atoms with van der Waals surface area (Å²) in [5.41, 5.74) is 2.63. The summed E-state index contributed by atoms with van der Waals surface area (Å²) in [6, 6.07) is 9.46. The number of aryl methyl sites for hydroxylation is 1. The van der Waals surface area contributed by atoms with Crippen LogP contribution in [0.15, 0.2) is 30.3 Å². The summed E-state index contributed by atoms with van der Waals surface area (Å²) in [6.07, 6.45) is 1.31. The number of anilines is 1. The van der Waals surface area contributed by atoms with Gasteiger partial charge >= 0.3 is 0 Å². The number of rotatable bonds is 8. The van der Waals surface area contributed by atoms with Crippen LogP contribution in [-0.4, -0.2) is 56.5 Å². The summed E-state index contributed by atoms with van der Waals surface area (Å²) in [7, 11) is -3.86. The maximum Gasteiger partial charge on any atom is 0.268 e. The maximum atomic E-state index is 13.4. The summed E-state index contributed by atoms with van der Waals surface area (Å²) in [6.45, 7) is 14.5. The Balaban J connectivity index is 1.74. The molecule has 2 aliphatic heterocycles. The van der Waals surface area contributed by atoms with Crippen molar-refractivity contribution in [2.24, 2.45) is 11.8 Å². The maximum absolute atomic E-state index is 13.4. The lowest BCUT2D eigenvalue weighted by molar-refractivity contribution is 0.0981. The number of carbonyl (C=O) groups excluding carboxylic acids is 1. The first kappa shape index (κ1) is 27.4. The van der Waals surface area contributed by atoms with Crippen LogP contribution in [-0.2, 0) is 14.8 Å². The molecule has 3 heterocycles. The van der Waals surface area contributed by atoms with Gasteiger partial charge in [0, 0.05) is 24.3 Å². The third-order valence-electron chi connectivity index (χ3n) is 6.94. The molecule has 0 saturated carbocycles. The first-order valence-electron chi connectivity index (χ1n) is 13.0. The van der Waals surface area contributed by atoms with Gasteiger partial charge in [0.05, 0.1) is 24.5 Å². The van der Waals surface area contributed by atoms with Crippen molar-refractivity contribution in [2.45, 2.75) is 65.2 Å². The van der Waals surface area contributed by atoms with Crippen molar-refractivity contribution in [1.29, 1.82) is 0 Å². The Bertz CT molecular complexity index is 1250. The fraction of sp³-hybridized carbons (Fsp3) is 0.571. The molecule has 0 bridgehead atoms. The highest BCUT2D eigenvalue weighted by molar-refractivity contribution is 7.90. The third-order valence-corrected chi connectivity index (χ3v) is 8.66.